The molecule has 9 heteroatoms. The molecule has 0 saturated heterocycles. The molecule has 0 aliphatic rings. The number of thiophene rings is 1. The van der Waals surface area contributed by atoms with E-state index in [9.17, 15) is 14.4 Å². The Bertz CT molecular complexity index is 1060. The Hall–Kier alpha value is -3.98. The summed E-state index contributed by atoms with van der Waals surface area (Å²) in [4.78, 5) is 36.2. The van der Waals surface area contributed by atoms with Crippen LogP contribution >= 0.6 is 11.3 Å². The Balaban J connectivity index is 1.50. The minimum atomic E-state index is -0.921. The summed E-state index contributed by atoms with van der Waals surface area (Å²) >= 11 is 1.30. The van der Waals surface area contributed by atoms with E-state index in [4.69, 9.17) is 9.47 Å². The monoisotopic (exact) mass is 423 g/mol. The summed E-state index contributed by atoms with van der Waals surface area (Å²) in [7, 11) is 1.50. The Morgan fingerprint density at radius 3 is 2.47 bits per heavy atom. The van der Waals surface area contributed by atoms with Gasteiger partial charge in [0.2, 0.25) is 0 Å². The van der Waals surface area contributed by atoms with Crippen LogP contribution < -0.4 is 20.2 Å². The zero-order valence-corrected chi connectivity index (χ0v) is 16.6. The van der Waals surface area contributed by atoms with Gasteiger partial charge in [-0.2, -0.15) is 5.10 Å². The predicted octanol–water partition coefficient (Wildman–Crippen LogP) is 3.06. The average Bonchev–Trinajstić information content (AvgIpc) is 3.30. The Morgan fingerprint density at radius 1 is 0.967 bits per heavy atom. The van der Waals surface area contributed by atoms with Crippen LogP contribution in [0.2, 0.25) is 0 Å². The lowest BCUT2D eigenvalue weighted by atomic mass is 10.2. The zero-order chi connectivity index (χ0) is 21.3. The number of ether oxygens (including phenoxy) is 2. The molecular formula is C21H17N3O5S. The normalized spacial score (nSPS) is 10.4. The van der Waals surface area contributed by atoms with Crippen LogP contribution in [-0.4, -0.2) is 31.1 Å². The van der Waals surface area contributed by atoms with Crippen molar-refractivity contribution in [3.05, 3.63) is 76.5 Å². The van der Waals surface area contributed by atoms with Crippen LogP contribution in [-0.2, 0) is 9.59 Å². The third kappa shape index (κ3) is 5.76. The lowest BCUT2D eigenvalue weighted by Crippen LogP contribution is -2.32. The number of benzene rings is 2. The molecule has 0 unspecified atom stereocenters. The van der Waals surface area contributed by atoms with Crippen molar-refractivity contribution >= 4 is 41.0 Å². The van der Waals surface area contributed by atoms with Gasteiger partial charge in [0.15, 0.2) is 0 Å². The minimum Gasteiger partial charge on any atom is -0.497 e. The van der Waals surface area contributed by atoms with Crippen LogP contribution in [0.1, 0.15) is 15.2 Å². The SMILES string of the molecule is COc1cccc(NC(=O)C(=O)N/N=C/c2ccc(OC(=O)c3cccs3)cc2)c1. The molecular weight excluding hydrogens is 406 g/mol. The van der Waals surface area contributed by atoms with Gasteiger partial charge in [0.25, 0.3) is 0 Å². The van der Waals surface area contributed by atoms with Gasteiger partial charge in [-0.25, -0.2) is 10.2 Å². The molecule has 0 spiro atoms. The highest BCUT2D eigenvalue weighted by Crippen LogP contribution is 2.17. The molecule has 0 saturated carbocycles. The summed E-state index contributed by atoms with van der Waals surface area (Å²) in [6.07, 6.45) is 1.36. The molecule has 2 amide bonds. The summed E-state index contributed by atoms with van der Waals surface area (Å²) < 4.78 is 10.3. The van der Waals surface area contributed by atoms with Gasteiger partial charge in [0.05, 0.1) is 13.3 Å². The van der Waals surface area contributed by atoms with Gasteiger partial charge in [-0.05, 0) is 53.4 Å². The minimum absolute atomic E-state index is 0.382. The van der Waals surface area contributed by atoms with E-state index in [1.807, 2.05) is 0 Å². The molecule has 3 rings (SSSR count). The number of amides is 2. The molecule has 152 valence electrons. The van der Waals surface area contributed by atoms with Gasteiger partial charge < -0.3 is 14.8 Å². The first kappa shape index (κ1) is 20.7. The Morgan fingerprint density at radius 2 is 1.77 bits per heavy atom. The van der Waals surface area contributed by atoms with Crippen LogP contribution in [0.4, 0.5) is 5.69 Å². The van der Waals surface area contributed by atoms with Crippen molar-refractivity contribution in [3.63, 3.8) is 0 Å². The summed E-state index contributed by atoms with van der Waals surface area (Å²) in [6.45, 7) is 0. The molecule has 0 bridgehead atoms. The average molecular weight is 423 g/mol. The molecule has 1 aromatic heterocycles. The van der Waals surface area contributed by atoms with E-state index in [1.165, 1.54) is 24.7 Å². The topological polar surface area (TPSA) is 106 Å². The van der Waals surface area contributed by atoms with E-state index in [0.717, 1.165) is 0 Å². The van der Waals surface area contributed by atoms with E-state index < -0.39 is 17.8 Å². The molecule has 2 N–H and O–H groups in total. The lowest BCUT2D eigenvalue weighted by molar-refractivity contribution is -0.136. The Labute approximate surface area is 176 Å². The number of hydrogen-bond acceptors (Lipinski definition) is 7. The van der Waals surface area contributed by atoms with Gasteiger partial charge in [-0.3, -0.25) is 9.59 Å². The maximum atomic E-state index is 11.9. The highest BCUT2D eigenvalue weighted by atomic mass is 32.1. The summed E-state index contributed by atoms with van der Waals surface area (Å²) in [6, 6.07) is 16.6. The number of nitrogens with zero attached hydrogens (tertiary/aromatic N) is 1. The second-order valence-corrected chi connectivity index (χ2v) is 6.77. The molecule has 2 aromatic carbocycles. The maximum Gasteiger partial charge on any atom is 0.353 e. The molecule has 0 radical (unpaired) electrons. The van der Waals surface area contributed by atoms with Crippen molar-refractivity contribution in [1.82, 2.24) is 5.43 Å². The first-order valence-corrected chi connectivity index (χ1v) is 9.57. The smallest absolute Gasteiger partial charge is 0.353 e. The summed E-state index contributed by atoms with van der Waals surface area (Å²) in [5.41, 5.74) is 3.21. The number of hydrogen-bond donors (Lipinski definition) is 2. The number of carbonyl (C=O) groups is 3. The fraction of sp³-hybridized carbons (Fsp3) is 0.0476. The van der Waals surface area contributed by atoms with Crippen LogP contribution in [0.25, 0.3) is 0 Å². The quantitative estimate of drug-likeness (QED) is 0.208. The van der Waals surface area contributed by atoms with Crippen molar-refractivity contribution in [2.24, 2.45) is 5.10 Å². The van der Waals surface area contributed by atoms with E-state index in [-0.39, 0.29) is 0 Å². The number of methoxy groups -OCH3 is 1. The van der Waals surface area contributed by atoms with Crippen LogP contribution in [0, 0.1) is 0 Å². The van der Waals surface area contributed by atoms with E-state index in [0.29, 0.717) is 27.6 Å². The van der Waals surface area contributed by atoms with Crippen molar-refractivity contribution in [2.45, 2.75) is 0 Å². The molecule has 0 aliphatic carbocycles. The standard InChI is InChI=1S/C21H17N3O5S/c1-28-17-5-2-4-15(12-17)23-19(25)20(26)24-22-13-14-7-9-16(10-8-14)29-21(27)18-6-3-11-30-18/h2-13H,1H3,(H,23,25)(H,24,26)/b22-13+. The van der Waals surface area contributed by atoms with Gasteiger partial charge >= 0.3 is 17.8 Å². The maximum absolute atomic E-state index is 11.9. The van der Waals surface area contributed by atoms with Gasteiger partial charge in [-0.15, -0.1) is 11.3 Å². The van der Waals surface area contributed by atoms with Crippen LogP contribution in [0.5, 0.6) is 11.5 Å². The van der Waals surface area contributed by atoms with Gasteiger partial charge in [-0.1, -0.05) is 12.1 Å². The third-order valence-electron chi connectivity index (χ3n) is 3.73. The predicted molar refractivity (Wildman–Crippen MR) is 113 cm³/mol. The number of esters is 1. The van der Waals surface area contributed by atoms with Crippen molar-refractivity contribution in [2.75, 3.05) is 12.4 Å². The second-order valence-electron chi connectivity index (χ2n) is 5.82. The number of hydrazone groups is 1. The molecule has 0 atom stereocenters. The summed E-state index contributed by atoms with van der Waals surface area (Å²) in [5.74, 6) is -1.28. The first-order valence-electron chi connectivity index (χ1n) is 8.69. The zero-order valence-electron chi connectivity index (χ0n) is 15.8. The Kier molecular flexibility index (Phi) is 6.91. The lowest BCUT2D eigenvalue weighted by Gasteiger charge is -2.06. The molecule has 3 aromatic rings. The summed E-state index contributed by atoms with van der Waals surface area (Å²) in [5, 5.41) is 8.00. The van der Waals surface area contributed by atoms with Gasteiger partial charge in [0.1, 0.15) is 16.4 Å². The second kappa shape index (κ2) is 9.99. The molecule has 1 heterocycles. The molecule has 30 heavy (non-hydrogen) atoms. The van der Waals surface area contributed by atoms with E-state index in [2.05, 4.69) is 15.8 Å². The number of nitrogens with one attached hydrogen (secondary N) is 2. The van der Waals surface area contributed by atoms with Crippen LogP contribution in [0.3, 0.4) is 0 Å². The number of rotatable bonds is 6. The molecule has 0 aliphatic heterocycles. The van der Waals surface area contributed by atoms with E-state index >= 15 is 0 Å². The molecule has 0 fully saturated rings. The number of carbonyl (C=O) groups excluding carboxylic acids is 3. The first-order chi connectivity index (χ1) is 14.5. The largest absolute Gasteiger partial charge is 0.497 e. The fourth-order valence-corrected chi connectivity index (χ4v) is 2.88. The van der Waals surface area contributed by atoms with Crippen molar-refractivity contribution < 1.29 is 23.9 Å². The van der Waals surface area contributed by atoms with Crippen LogP contribution in [0.15, 0.2) is 71.1 Å². The number of anilines is 1. The molecule has 8 nitrogen and oxygen atoms in total. The van der Waals surface area contributed by atoms with E-state index in [1.54, 1.807) is 66.0 Å². The fourth-order valence-electron chi connectivity index (χ4n) is 2.28. The van der Waals surface area contributed by atoms with Crippen molar-refractivity contribution in [1.29, 1.82) is 0 Å². The highest BCUT2D eigenvalue weighted by Gasteiger charge is 2.13. The van der Waals surface area contributed by atoms with Gasteiger partial charge in [0, 0.05) is 11.8 Å². The highest BCUT2D eigenvalue weighted by molar-refractivity contribution is 7.12. The third-order valence-corrected chi connectivity index (χ3v) is 4.58. The van der Waals surface area contributed by atoms with Crippen molar-refractivity contribution in [3.8, 4) is 11.5 Å².